The summed E-state index contributed by atoms with van der Waals surface area (Å²) in [4.78, 5) is 2.60. The number of rotatable bonds is 3. The standard InChI is InChI=1S/C19H23BrN2/c1-14-3-4-15(2)18(13-14)19(22-11-9-21-10-12-22)16-5-7-17(20)8-6-16/h3-8,13,19,21H,9-12H2,1-2H3. The minimum absolute atomic E-state index is 0.343. The van der Waals surface area contributed by atoms with Crippen molar-refractivity contribution < 1.29 is 0 Å². The van der Waals surface area contributed by atoms with E-state index in [4.69, 9.17) is 0 Å². The largest absolute Gasteiger partial charge is 0.314 e. The Bertz CT molecular complexity index is 630. The number of hydrogen-bond acceptors (Lipinski definition) is 2. The molecule has 1 saturated heterocycles. The number of nitrogens with zero attached hydrogens (tertiary/aromatic N) is 1. The molecule has 0 aliphatic carbocycles. The van der Waals surface area contributed by atoms with Crippen LogP contribution < -0.4 is 5.32 Å². The van der Waals surface area contributed by atoms with Crippen LogP contribution in [0.3, 0.4) is 0 Å². The first-order valence-electron chi connectivity index (χ1n) is 7.92. The summed E-state index contributed by atoms with van der Waals surface area (Å²) in [5, 5.41) is 3.46. The van der Waals surface area contributed by atoms with Crippen molar-refractivity contribution in [1.82, 2.24) is 10.2 Å². The molecule has 1 unspecified atom stereocenters. The van der Waals surface area contributed by atoms with E-state index in [-0.39, 0.29) is 0 Å². The monoisotopic (exact) mass is 358 g/mol. The Balaban J connectivity index is 2.05. The fourth-order valence-electron chi connectivity index (χ4n) is 3.23. The van der Waals surface area contributed by atoms with Gasteiger partial charge in [-0.2, -0.15) is 0 Å². The van der Waals surface area contributed by atoms with Crippen LogP contribution in [0.15, 0.2) is 46.9 Å². The second kappa shape index (κ2) is 6.95. The number of aryl methyl sites for hydroxylation is 2. The summed E-state index contributed by atoms with van der Waals surface area (Å²) in [7, 11) is 0. The zero-order chi connectivity index (χ0) is 15.5. The summed E-state index contributed by atoms with van der Waals surface area (Å²) < 4.78 is 1.14. The molecule has 116 valence electrons. The maximum absolute atomic E-state index is 3.55. The van der Waals surface area contributed by atoms with Gasteiger partial charge in [0.15, 0.2) is 0 Å². The summed E-state index contributed by atoms with van der Waals surface area (Å²) in [5.41, 5.74) is 5.51. The second-order valence-electron chi connectivity index (χ2n) is 6.10. The highest BCUT2D eigenvalue weighted by atomic mass is 79.9. The zero-order valence-corrected chi connectivity index (χ0v) is 14.9. The van der Waals surface area contributed by atoms with Crippen LogP contribution in [0.2, 0.25) is 0 Å². The Hall–Kier alpha value is -1.16. The lowest BCUT2D eigenvalue weighted by Gasteiger charge is -2.36. The molecule has 2 aromatic rings. The minimum atomic E-state index is 0.343. The molecule has 0 bridgehead atoms. The lowest BCUT2D eigenvalue weighted by molar-refractivity contribution is 0.198. The molecule has 1 atom stereocenters. The maximum atomic E-state index is 3.55. The average molecular weight is 359 g/mol. The van der Waals surface area contributed by atoms with E-state index < -0.39 is 0 Å². The Morgan fingerprint density at radius 1 is 1.00 bits per heavy atom. The predicted octanol–water partition coefficient (Wildman–Crippen LogP) is 4.06. The summed E-state index contributed by atoms with van der Waals surface area (Å²) in [6.07, 6.45) is 0. The lowest BCUT2D eigenvalue weighted by atomic mass is 9.92. The summed E-state index contributed by atoms with van der Waals surface area (Å²) in [6, 6.07) is 15.9. The molecule has 1 N–H and O–H groups in total. The average Bonchev–Trinajstić information content (AvgIpc) is 2.54. The van der Waals surface area contributed by atoms with Crippen molar-refractivity contribution in [2.45, 2.75) is 19.9 Å². The van der Waals surface area contributed by atoms with Crippen molar-refractivity contribution in [1.29, 1.82) is 0 Å². The Kier molecular flexibility index (Phi) is 4.97. The quantitative estimate of drug-likeness (QED) is 0.889. The van der Waals surface area contributed by atoms with Crippen LogP contribution in [0.4, 0.5) is 0 Å². The molecule has 2 aromatic carbocycles. The zero-order valence-electron chi connectivity index (χ0n) is 13.3. The highest BCUT2D eigenvalue weighted by molar-refractivity contribution is 9.10. The third kappa shape index (κ3) is 3.43. The van der Waals surface area contributed by atoms with Gasteiger partial charge in [0.25, 0.3) is 0 Å². The van der Waals surface area contributed by atoms with Gasteiger partial charge in [-0.25, -0.2) is 0 Å². The first kappa shape index (κ1) is 15.7. The van der Waals surface area contributed by atoms with Gasteiger partial charge in [-0.1, -0.05) is 51.8 Å². The van der Waals surface area contributed by atoms with Crippen LogP contribution in [-0.4, -0.2) is 31.1 Å². The second-order valence-corrected chi connectivity index (χ2v) is 7.02. The molecular formula is C19H23BrN2. The van der Waals surface area contributed by atoms with Crippen LogP contribution in [0.25, 0.3) is 0 Å². The van der Waals surface area contributed by atoms with Crippen LogP contribution in [0, 0.1) is 13.8 Å². The molecule has 0 spiro atoms. The van der Waals surface area contributed by atoms with Crippen molar-refractivity contribution in [3.63, 3.8) is 0 Å². The molecular weight excluding hydrogens is 336 g/mol. The van der Waals surface area contributed by atoms with E-state index in [0.717, 1.165) is 30.7 Å². The van der Waals surface area contributed by atoms with E-state index in [1.165, 1.54) is 22.3 Å². The summed E-state index contributed by atoms with van der Waals surface area (Å²) in [6.45, 7) is 8.72. The molecule has 1 fully saturated rings. The predicted molar refractivity (Wildman–Crippen MR) is 96.3 cm³/mol. The number of nitrogens with one attached hydrogen (secondary N) is 1. The van der Waals surface area contributed by atoms with Crippen molar-refractivity contribution in [3.8, 4) is 0 Å². The van der Waals surface area contributed by atoms with Gasteiger partial charge < -0.3 is 5.32 Å². The summed E-state index contributed by atoms with van der Waals surface area (Å²) in [5.74, 6) is 0. The normalized spacial score (nSPS) is 17.4. The van der Waals surface area contributed by atoms with E-state index in [9.17, 15) is 0 Å². The van der Waals surface area contributed by atoms with Gasteiger partial charge in [-0.05, 0) is 42.7 Å². The van der Waals surface area contributed by atoms with Gasteiger partial charge in [0.1, 0.15) is 0 Å². The van der Waals surface area contributed by atoms with Gasteiger partial charge in [-0.15, -0.1) is 0 Å². The van der Waals surface area contributed by atoms with E-state index in [1.54, 1.807) is 0 Å². The van der Waals surface area contributed by atoms with Gasteiger partial charge in [0.05, 0.1) is 6.04 Å². The number of halogens is 1. The number of piperazine rings is 1. The molecule has 3 rings (SSSR count). The van der Waals surface area contributed by atoms with Gasteiger partial charge in [0.2, 0.25) is 0 Å². The molecule has 22 heavy (non-hydrogen) atoms. The topological polar surface area (TPSA) is 15.3 Å². The molecule has 0 aromatic heterocycles. The van der Waals surface area contributed by atoms with Gasteiger partial charge >= 0.3 is 0 Å². The van der Waals surface area contributed by atoms with Crippen molar-refractivity contribution in [3.05, 3.63) is 69.2 Å². The fraction of sp³-hybridized carbons (Fsp3) is 0.368. The molecule has 1 aliphatic heterocycles. The molecule has 0 saturated carbocycles. The molecule has 1 heterocycles. The third-order valence-electron chi connectivity index (χ3n) is 4.43. The van der Waals surface area contributed by atoms with Crippen molar-refractivity contribution in [2.75, 3.05) is 26.2 Å². The molecule has 1 aliphatic rings. The van der Waals surface area contributed by atoms with Gasteiger partial charge in [-0.3, -0.25) is 4.90 Å². The highest BCUT2D eigenvalue weighted by Gasteiger charge is 2.25. The van der Waals surface area contributed by atoms with Crippen LogP contribution >= 0.6 is 15.9 Å². The third-order valence-corrected chi connectivity index (χ3v) is 4.96. The van der Waals surface area contributed by atoms with E-state index in [0.29, 0.717) is 6.04 Å². The van der Waals surface area contributed by atoms with Crippen LogP contribution in [-0.2, 0) is 0 Å². The smallest absolute Gasteiger partial charge is 0.0605 e. The fourth-order valence-corrected chi connectivity index (χ4v) is 3.49. The van der Waals surface area contributed by atoms with E-state index >= 15 is 0 Å². The van der Waals surface area contributed by atoms with Crippen LogP contribution in [0.5, 0.6) is 0 Å². The number of hydrogen-bond donors (Lipinski definition) is 1. The highest BCUT2D eigenvalue weighted by Crippen LogP contribution is 2.32. The molecule has 0 amide bonds. The van der Waals surface area contributed by atoms with Gasteiger partial charge in [0, 0.05) is 30.7 Å². The maximum Gasteiger partial charge on any atom is 0.0605 e. The van der Waals surface area contributed by atoms with E-state index in [1.807, 2.05) is 0 Å². The SMILES string of the molecule is Cc1ccc(C)c(C(c2ccc(Br)cc2)N2CCNCC2)c1. The summed E-state index contributed by atoms with van der Waals surface area (Å²) >= 11 is 3.55. The minimum Gasteiger partial charge on any atom is -0.314 e. The molecule has 3 heteroatoms. The van der Waals surface area contributed by atoms with E-state index in [2.05, 4.69) is 82.5 Å². The first-order chi connectivity index (χ1) is 10.6. The van der Waals surface area contributed by atoms with Crippen LogP contribution in [0.1, 0.15) is 28.3 Å². The number of benzene rings is 2. The molecule has 0 radical (unpaired) electrons. The Morgan fingerprint density at radius 3 is 2.36 bits per heavy atom. The first-order valence-corrected chi connectivity index (χ1v) is 8.72. The Labute approximate surface area is 141 Å². The lowest BCUT2D eigenvalue weighted by Crippen LogP contribution is -2.45. The van der Waals surface area contributed by atoms with Crippen molar-refractivity contribution >= 4 is 15.9 Å². The van der Waals surface area contributed by atoms with Crippen molar-refractivity contribution in [2.24, 2.45) is 0 Å². The molecule has 2 nitrogen and oxygen atoms in total. The Morgan fingerprint density at radius 2 is 1.68 bits per heavy atom.